The molecule has 0 amide bonds. The van der Waals surface area contributed by atoms with Gasteiger partial charge < -0.3 is 5.32 Å². The van der Waals surface area contributed by atoms with Gasteiger partial charge in [-0.25, -0.2) is 9.20 Å². The van der Waals surface area contributed by atoms with Crippen LogP contribution in [0.3, 0.4) is 0 Å². The zero-order valence-corrected chi connectivity index (χ0v) is 16.9. The molecule has 1 unspecified atom stereocenters. The van der Waals surface area contributed by atoms with Crippen molar-refractivity contribution in [1.82, 2.24) is 19.7 Å². The topological polar surface area (TPSA) is 105 Å². The van der Waals surface area contributed by atoms with Crippen LogP contribution in [0.5, 0.6) is 0 Å². The Balaban J connectivity index is 2.15. The van der Waals surface area contributed by atoms with E-state index in [2.05, 4.69) is 40.8 Å². The predicted molar refractivity (Wildman–Crippen MR) is 113 cm³/mol. The smallest absolute Gasteiger partial charge is 0.232 e. The third-order valence-corrected chi connectivity index (χ3v) is 4.90. The number of anilines is 2. The van der Waals surface area contributed by atoms with E-state index in [4.69, 9.17) is 23.2 Å². The SMILES string of the molecule is C=S(=O)(NC(=NC)/N=C\C=C/C)c1ccc(Nc2nc(Cl)nc(Cl)n2)cc1. The van der Waals surface area contributed by atoms with Crippen molar-refractivity contribution in [2.75, 3.05) is 12.4 Å². The molecule has 0 spiro atoms. The van der Waals surface area contributed by atoms with Gasteiger partial charge in [-0.1, -0.05) is 6.08 Å². The molecule has 1 heterocycles. The van der Waals surface area contributed by atoms with Crippen LogP contribution in [0.25, 0.3) is 0 Å². The fourth-order valence-corrected chi connectivity index (χ4v) is 3.30. The molecule has 0 saturated carbocycles. The van der Waals surface area contributed by atoms with Crippen molar-refractivity contribution in [3.05, 3.63) is 47.0 Å². The first-order chi connectivity index (χ1) is 12.8. The van der Waals surface area contributed by atoms with Crippen LogP contribution in [-0.4, -0.2) is 44.3 Å². The first-order valence-corrected chi connectivity index (χ1v) is 10.0. The number of allylic oxidation sites excluding steroid dienone is 2. The third kappa shape index (κ3) is 6.31. The van der Waals surface area contributed by atoms with Gasteiger partial charge >= 0.3 is 0 Å². The van der Waals surface area contributed by atoms with Crippen molar-refractivity contribution in [1.29, 1.82) is 0 Å². The number of hydrogen-bond acceptors (Lipinski definition) is 6. The second-order valence-corrected chi connectivity index (χ2v) is 7.68. The standard InChI is InChI=1S/C16H17Cl2N7OS/c1-4-5-10-20-15(19-2)25-27(3,26)12-8-6-11(7-9-12)21-16-23-13(17)22-14(18)24-16/h4-10H,3H2,1-2H3,(H,19,25,26)(H,21,22,23,24)/b5-4-,20-10-. The monoisotopic (exact) mass is 425 g/mol. The Hall–Kier alpha value is -2.49. The number of hydrogen-bond donors (Lipinski definition) is 2. The van der Waals surface area contributed by atoms with Gasteiger partial charge in [0.2, 0.25) is 22.5 Å². The van der Waals surface area contributed by atoms with Gasteiger partial charge in [-0.15, -0.1) is 0 Å². The summed E-state index contributed by atoms with van der Waals surface area (Å²) >= 11 is 11.5. The fourth-order valence-electron chi connectivity index (χ4n) is 1.80. The maximum absolute atomic E-state index is 12.9. The van der Waals surface area contributed by atoms with Gasteiger partial charge in [0.1, 0.15) is 0 Å². The van der Waals surface area contributed by atoms with Gasteiger partial charge in [-0.3, -0.25) is 9.71 Å². The van der Waals surface area contributed by atoms with Crippen molar-refractivity contribution in [3.8, 4) is 0 Å². The minimum absolute atomic E-state index is 0.0241. The van der Waals surface area contributed by atoms with E-state index in [1.54, 1.807) is 43.6 Å². The van der Waals surface area contributed by atoms with Crippen LogP contribution in [0.2, 0.25) is 10.6 Å². The lowest BCUT2D eigenvalue weighted by molar-refractivity contribution is 0.678. The Labute approximate surface area is 167 Å². The molecule has 2 rings (SSSR count). The summed E-state index contributed by atoms with van der Waals surface area (Å²) in [4.78, 5) is 20.0. The van der Waals surface area contributed by atoms with Crippen molar-refractivity contribution in [2.24, 2.45) is 9.98 Å². The molecule has 1 atom stereocenters. The molecule has 2 aromatic rings. The number of rotatable bonds is 5. The van der Waals surface area contributed by atoms with E-state index < -0.39 is 9.71 Å². The minimum Gasteiger partial charge on any atom is -0.324 e. The second kappa shape index (κ2) is 9.45. The van der Waals surface area contributed by atoms with Gasteiger partial charge in [0.15, 0.2) is 0 Å². The Morgan fingerprint density at radius 3 is 2.37 bits per heavy atom. The molecule has 11 heteroatoms. The highest BCUT2D eigenvalue weighted by Crippen LogP contribution is 2.18. The quantitative estimate of drug-likeness (QED) is 0.434. The van der Waals surface area contributed by atoms with Crippen LogP contribution < -0.4 is 10.0 Å². The predicted octanol–water partition coefficient (Wildman–Crippen LogP) is 3.13. The summed E-state index contributed by atoms with van der Waals surface area (Å²) in [5.74, 6) is 4.16. The van der Waals surface area contributed by atoms with Crippen LogP contribution in [0.1, 0.15) is 6.92 Å². The summed E-state index contributed by atoms with van der Waals surface area (Å²) in [7, 11) is -1.30. The summed E-state index contributed by atoms with van der Waals surface area (Å²) in [6, 6.07) is 6.69. The molecule has 0 aliphatic carbocycles. The zero-order valence-electron chi connectivity index (χ0n) is 14.6. The Bertz CT molecular complexity index is 966. The highest BCUT2D eigenvalue weighted by molar-refractivity contribution is 7.99. The van der Waals surface area contributed by atoms with Crippen molar-refractivity contribution >= 4 is 62.6 Å². The van der Waals surface area contributed by atoms with E-state index in [9.17, 15) is 4.21 Å². The van der Waals surface area contributed by atoms with Gasteiger partial charge in [-0.2, -0.15) is 15.0 Å². The summed E-state index contributed by atoms with van der Waals surface area (Å²) in [6.07, 6.45) is 5.09. The lowest BCUT2D eigenvalue weighted by atomic mass is 10.3. The fraction of sp³-hybridized carbons (Fsp3) is 0.125. The summed E-state index contributed by atoms with van der Waals surface area (Å²) in [5.41, 5.74) is 0.641. The molecule has 2 N–H and O–H groups in total. The number of aliphatic imine (C=N–C) groups is 2. The summed E-state index contributed by atoms with van der Waals surface area (Å²) in [6.45, 7) is 1.86. The zero-order chi connectivity index (χ0) is 19.9. The van der Waals surface area contributed by atoms with Crippen LogP contribution in [0.4, 0.5) is 11.6 Å². The van der Waals surface area contributed by atoms with Crippen LogP contribution >= 0.6 is 23.2 Å². The number of aromatic nitrogens is 3. The number of nitrogens with zero attached hydrogens (tertiary/aromatic N) is 5. The van der Waals surface area contributed by atoms with Gasteiger partial charge in [0.25, 0.3) is 0 Å². The molecular formula is C16H17Cl2N7OS. The van der Waals surface area contributed by atoms with E-state index in [1.807, 2.05) is 13.0 Å². The molecule has 1 aromatic heterocycles. The van der Waals surface area contributed by atoms with E-state index in [0.717, 1.165) is 0 Å². The molecule has 0 aliphatic heterocycles. The molecule has 142 valence electrons. The molecule has 0 radical (unpaired) electrons. The number of nitrogens with one attached hydrogen (secondary N) is 2. The average molecular weight is 426 g/mol. The first kappa shape index (κ1) is 20.8. The molecule has 0 bridgehead atoms. The maximum atomic E-state index is 12.9. The lowest BCUT2D eigenvalue weighted by Crippen LogP contribution is -2.29. The van der Waals surface area contributed by atoms with Gasteiger partial charge in [0.05, 0.1) is 9.71 Å². The largest absolute Gasteiger partial charge is 0.324 e. The van der Waals surface area contributed by atoms with Crippen LogP contribution in [0, 0.1) is 0 Å². The average Bonchev–Trinajstić information content (AvgIpc) is 2.60. The van der Waals surface area contributed by atoms with Crippen molar-refractivity contribution < 1.29 is 4.21 Å². The molecule has 1 aromatic carbocycles. The van der Waals surface area contributed by atoms with Crippen molar-refractivity contribution in [2.45, 2.75) is 11.8 Å². The Kier molecular flexibility index (Phi) is 7.28. The third-order valence-electron chi connectivity index (χ3n) is 3.02. The maximum Gasteiger partial charge on any atom is 0.232 e. The molecule has 0 aliphatic rings. The highest BCUT2D eigenvalue weighted by atomic mass is 35.5. The Morgan fingerprint density at radius 1 is 1.19 bits per heavy atom. The molecule has 27 heavy (non-hydrogen) atoms. The van der Waals surface area contributed by atoms with E-state index in [1.165, 1.54) is 0 Å². The normalized spacial score (nSPS) is 14.4. The first-order valence-electron chi connectivity index (χ1n) is 7.55. The van der Waals surface area contributed by atoms with Crippen LogP contribution in [0.15, 0.2) is 51.3 Å². The molecule has 0 saturated heterocycles. The lowest BCUT2D eigenvalue weighted by Gasteiger charge is -2.12. The minimum atomic E-state index is -2.84. The summed E-state index contributed by atoms with van der Waals surface area (Å²) < 4.78 is 15.6. The summed E-state index contributed by atoms with van der Waals surface area (Å²) in [5, 5.41) is 2.88. The van der Waals surface area contributed by atoms with Crippen molar-refractivity contribution in [3.63, 3.8) is 0 Å². The number of guanidine groups is 1. The van der Waals surface area contributed by atoms with Crippen LogP contribution in [-0.2, 0) is 9.71 Å². The van der Waals surface area contributed by atoms with E-state index >= 15 is 0 Å². The van der Waals surface area contributed by atoms with E-state index in [0.29, 0.717) is 10.6 Å². The highest BCUT2D eigenvalue weighted by Gasteiger charge is 2.10. The van der Waals surface area contributed by atoms with Gasteiger partial charge in [0, 0.05) is 23.8 Å². The number of halogens is 2. The molecule has 0 fully saturated rings. The van der Waals surface area contributed by atoms with Gasteiger partial charge in [-0.05, 0) is 66.3 Å². The number of benzene rings is 1. The van der Waals surface area contributed by atoms with E-state index in [-0.39, 0.29) is 22.5 Å². The molecular weight excluding hydrogens is 409 g/mol. The Morgan fingerprint density at radius 2 is 1.81 bits per heavy atom. The molecule has 8 nitrogen and oxygen atoms in total. The second-order valence-electron chi connectivity index (χ2n) is 4.97.